The Labute approximate surface area is 84.5 Å². The predicted octanol–water partition coefficient (Wildman–Crippen LogP) is 1.74. The number of nitrogens with zero attached hydrogens (tertiary/aromatic N) is 3. The third-order valence-electron chi connectivity index (χ3n) is 2.62. The lowest BCUT2D eigenvalue weighted by Crippen LogP contribution is -1.89. The summed E-state index contributed by atoms with van der Waals surface area (Å²) >= 11 is 0. The largest absolute Gasteiger partial charge is 0.288 e. The summed E-state index contributed by atoms with van der Waals surface area (Å²) in [6.45, 7) is 0. The van der Waals surface area contributed by atoms with Gasteiger partial charge in [-0.3, -0.25) is 15.2 Å². The zero-order valence-corrected chi connectivity index (χ0v) is 7.80. The smallest absolute Gasteiger partial charge is 0.279 e. The van der Waals surface area contributed by atoms with Crippen molar-refractivity contribution in [3.8, 4) is 0 Å². The van der Waals surface area contributed by atoms with E-state index in [-0.39, 0.29) is 5.69 Å². The first-order valence-corrected chi connectivity index (χ1v) is 4.74. The fourth-order valence-electron chi connectivity index (χ4n) is 1.69. The number of aromatic nitrogens is 3. The first-order valence-electron chi connectivity index (χ1n) is 4.74. The first kappa shape index (κ1) is 8.34. The number of nitrogens with one attached hydrogen (secondary N) is 1. The molecule has 2 aromatic rings. The van der Waals surface area contributed by atoms with Gasteiger partial charge in [0.25, 0.3) is 5.69 Å². The summed E-state index contributed by atoms with van der Waals surface area (Å²) in [5.41, 5.74) is 1.56. The average molecular weight is 204 g/mol. The number of pyridine rings is 1. The van der Waals surface area contributed by atoms with Crippen molar-refractivity contribution in [2.45, 2.75) is 18.8 Å². The van der Waals surface area contributed by atoms with Gasteiger partial charge in [0.05, 0.1) is 4.92 Å². The van der Waals surface area contributed by atoms with Gasteiger partial charge in [-0.1, -0.05) is 0 Å². The van der Waals surface area contributed by atoms with E-state index in [2.05, 4.69) is 15.2 Å². The highest BCUT2D eigenvalue weighted by atomic mass is 16.6. The van der Waals surface area contributed by atoms with E-state index >= 15 is 0 Å². The molecule has 0 spiro atoms. The summed E-state index contributed by atoms with van der Waals surface area (Å²) in [5, 5.41) is 18.3. The topological polar surface area (TPSA) is 84.7 Å². The van der Waals surface area contributed by atoms with Crippen LogP contribution in [0.3, 0.4) is 0 Å². The van der Waals surface area contributed by atoms with Crippen molar-refractivity contribution in [1.82, 2.24) is 15.2 Å². The molecule has 0 bridgehead atoms. The number of fused-ring (bicyclic) bond motifs is 1. The second-order valence-corrected chi connectivity index (χ2v) is 3.73. The normalized spacial score (nSPS) is 15.7. The molecule has 0 aliphatic heterocycles. The summed E-state index contributed by atoms with van der Waals surface area (Å²) in [6.07, 6.45) is 3.49. The van der Waals surface area contributed by atoms with E-state index < -0.39 is 4.92 Å². The quantitative estimate of drug-likeness (QED) is 0.596. The molecule has 0 unspecified atom stereocenters. The highest BCUT2D eigenvalue weighted by molar-refractivity contribution is 5.80. The maximum atomic E-state index is 10.6. The molecule has 76 valence electrons. The number of H-pyrrole nitrogens is 1. The minimum atomic E-state index is -0.434. The van der Waals surface area contributed by atoms with Crippen LogP contribution in [-0.2, 0) is 0 Å². The van der Waals surface area contributed by atoms with Gasteiger partial charge in [-0.2, -0.15) is 5.10 Å². The van der Waals surface area contributed by atoms with E-state index in [9.17, 15) is 10.1 Å². The molecular formula is C9H8N4O2. The maximum Gasteiger partial charge on any atom is 0.288 e. The van der Waals surface area contributed by atoms with Crippen molar-refractivity contribution in [3.05, 3.63) is 28.1 Å². The third-order valence-corrected chi connectivity index (χ3v) is 2.62. The van der Waals surface area contributed by atoms with Gasteiger partial charge < -0.3 is 0 Å². The fraction of sp³-hybridized carbons (Fsp3) is 0.333. The van der Waals surface area contributed by atoms with E-state index in [4.69, 9.17) is 0 Å². The third kappa shape index (κ3) is 1.25. The van der Waals surface area contributed by atoms with Crippen LogP contribution in [0, 0.1) is 10.1 Å². The molecule has 15 heavy (non-hydrogen) atoms. The van der Waals surface area contributed by atoms with E-state index in [0.29, 0.717) is 11.6 Å². The van der Waals surface area contributed by atoms with Crippen molar-refractivity contribution < 1.29 is 4.92 Å². The van der Waals surface area contributed by atoms with Crippen molar-refractivity contribution in [2.75, 3.05) is 0 Å². The van der Waals surface area contributed by atoms with E-state index in [0.717, 1.165) is 23.9 Å². The van der Waals surface area contributed by atoms with Gasteiger partial charge in [0.15, 0.2) is 5.65 Å². The molecule has 3 rings (SSSR count). The van der Waals surface area contributed by atoms with Gasteiger partial charge in [0.2, 0.25) is 0 Å². The van der Waals surface area contributed by atoms with Crippen molar-refractivity contribution in [3.63, 3.8) is 0 Å². The molecule has 2 heterocycles. The number of nitro groups is 1. The molecule has 1 fully saturated rings. The van der Waals surface area contributed by atoms with Gasteiger partial charge in [0, 0.05) is 23.1 Å². The van der Waals surface area contributed by atoms with Crippen LogP contribution in [0.2, 0.25) is 0 Å². The van der Waals surface area contributed by atoms with Gasteiger partial charge >= 0.3 is 0 Å². The molecule has 6 nitrogen and oxygen atoms in total. The van der Waals surface area contributed by atoms with E-state index in [1.54, 1.807) is 6.07 Å². The Bertz CT molecular complexity index is 544. The van der Waals surface area contributed by atoms with Crippen molar-refractivity contribution in [2.24, 2.45) is 0 Å². The molecule has 1 saturated carbocycles. The highest BCUT2D eigenvalue weighted by Gasteiger charge is 2.28. The lowest BCUT2D eigenvalue weighted by molar-refractivity contribution is -0.385. The van der Waals surface area contributed by atoms with Gasteiger partial charge in [-0.15, -0.1) is 0 Å². The summed E-state index contributed by atoms with van der Waals surface area (Å²) in [4.78, 5) is 14.1. The Balaban J connectivity index is 2.21. The van der Waals surface area contributed by atoms with Crippen molar-refractivity contribution in [1.29, 1.82) is 0 Å². The molecule has 2 aromatic heterocycles. The number of rotatable bonds is 2. The number of hydrogen-bond donors (Lipinski definition) is 1. The van der Waals surface area contributed by atoms with Crippen LogP contribution in [0.1, 0.15) is 24.5 Å². The van der Waals surface area contributed by atoms with Crippen molar-refractivity contribution >= 4 is 16.7 Å². The minimum Gasteiger partial charge on any atom is -0.279 e. The van der Waals surface area contributed by atoms with Crippen LogP contribution in [0.25, 0.3) is 11.0 Å². The van der Waals surface area contributed by atoms with Crippen LogP contribution < -0.4 is 0 Å². The molecular weight excluding hydrogens is 196 g/mol. The molecule has 1 aliphatic rings. The van der Waals surface area contributed by atoms with E-state index in [1.807, 2.05) is 0 Å². The standard InChI is InChI=1S/C9H8N4O2/c14-13(15)6-3-7-8(5-1-2-5)11-12-9(7)10-4-6/h3-5H,1-2H2,(H,10,11,12). The zero-order chi connectivity index (χ0) is 10.4. The van der Waals surface area contributed by atoms with Crippen LogP contribution in [0.4, 0.5) is 5.69 Å². The first-order chi connectivity index (χ1) is 7.25. The molecule has 1 aliphatic carbocycles. The molecule has 0 atom stereocenters. The average Bonchev–Trinajstić information content (AvgIpc) is 2.98. The Kier molecular flexibility index (Phi) is 1.53. The Hall–Kier alpha value is -1.98. The molecule has 0 amide bonds. The predicted molar refractivity (Wildman–Crippen MR) is 52.5 cm³/mol. The summed E-state index contributed by atoms with van der Waals surface area (Å²) in [5.74, 6) is 0.485. The molecule has 0 radical (unpaired) electrons. The van der Waals surface area contributed by atoms with Crippen LogP contribution in [0.15, 0.2) is 12.3 Å². The molecule has 0 saturated heterocycles. The summed E-state index contributed by atoms with van der Waals surface area (Å²) < 4.78 is 0. The zero-order valence-electron chi connectivity index (χ0n) is 7.80. The lowest BCUT2D eigenvalue weighted by atomic mass is 10.2. The molecule has 0 aromatic carbocycles. The summed E-state index contributed by atoms with van der Waals surface area (Å²) in [6, 6.07) is 1.54. The Morgan fingerprint density at radius 2 is 2.33 bits per heavy atom. The van der Waals surface area contributed by atoms with Gasteiger partial charge in [-0.05, 0) is 12.8 Å². The minimum absolute atomic E-state index is 0.0193. The lowest BCUT2D eigenvalue weighted by Gasteiger charge is -1.93. The Morgan fingerprint density at radius 3 is 3.00 bits per heavy atom. The van der Waals surface area contributed by atoms with Gasteiger partial charge in [-0.25, -0.2) is 4.98 Å². The molecule has 1 N–H and O–H groups in total. The highest BCUT2D eigenvalue weighted by Crippen LogP contribution is 2.41. The number of hydrogen-bond acceptors (Lipinski definition) is 4. The molecule has 6 heteroatoms. The maximum absolute atomic E-state index is 10.6. The second-order valence-electron chi connectivity index (χ2n) is 3.73. The second kappa shape index (κ2) is 2.75. The fourth-order valence-corrected chi connectivity index (χ4v) is 1.69. The SMILES string of the molecule is O=[N+]([O-])c1cnc2n[nH]c(C3CC3)c2c1. The number of aromatic amines is 1. The van der Waals surface area contributed by atoms with E-state index in [1.165, 1.54) is 6.20 Å². The van der Waals surface area contributed by atoms with Gasteiger partial charge in [0.1, 0.15) is 6.20 Å². The van der Waals surface area contributed by atoms with Crippen LogP contribution >= 0.6 is 0 Å². The summed E-state index contributed by atoms with van der Waals surface area (Å²) in [7, 11) is 0. The Morgan fingerprint density at radius 1 is 1.53 bits per heavy atom. The van der Waals surface area contributed by atoms with Crippen LogP contribution in [0.5, 0.6) is 0 Å². The van der Waals surface area contributed by atoms with Crippen LogP contribution in [-0.4, -0.2) is 20.1 Å². The monoisotopic (exact) mass is 204 g/mol.